The number of hydrogen-bond acceptors (Lipinski definition) is 7. The zero-order chi connectivity index (χ0) is 25.7. The predicted molar refractivity (Wildman–Crippen MR) is 139 cm³/mol. The lowest BCUT2D eigenvalue weighted by Gasteiger charge is -2.38. The molecule has 0 saturated carbocycles. The molecule has 1 spiro atoms. The summed E-state index contributed by atoms with van der Waals surface area (Å²) in [5.41, 5.74) is 3.81. The molecule has 1 unspecified atom stereocenters. The molecule has 194 valence electrons. The van der Waals surface area contributed by atoms with Crippen molar-refractivity contribution in [1.82, 2.24) is 20.1 Å². The van der Waals surface area contributed by atoms with Gasteiger partial charge < -0.3 is 9.64 Å². The van der Waals surface area contributed by atoms with Crippen LogP contribution in [0.4, 0.5) is 0 Å². The Balaban J connectivity index is 1.15. The van der Waals surface area contributed by atoms with Crippen molar-refractivity contribution >= 4 is 29.5 Å². The van der Waals surface area contributed by atoms with E-state index in [0.29, 0.717) is 30.4 Å². The van der Waals surface area contributed by atoms with E-state index < -0.39 is 6.04 Å². The van der Waals surface area contributed by atoms with Gasteiger partial charge in [-0.05, 0) is 62.2 Å². The van der Waals surface area contributed by atoms with Crippen molar-refractivity contribution in [3.05, 3.63) is 52.7 Å². The van der Waals surface area contributed by atoms with E-state index in [1.54, 1.807) is 16.7 Å². The van der Waals surface area contributed by atoms with Crippen LogP contribution in [0.5, 0.6) is 5.75 Å². The fourth-order valence-corrected chi connectivity index (χ4v) is 6.87. The molecule has 1 N–H and O–H groups in total. The van der Waals surface area contributed by atoms with Crippen molar-refractivity contribution in [1.29, 1.82) is 0 Å². The minimum absolute atomic E-state index is 0.0469. The number of ether oxygens (including phenoxy) is 1. The van der Waals surface area contributed by atoms with E-state index in [-0.39, 0.29) is 29.6 Å². The van der Waals surface area contributed by atoms with Crippen molar-refractivity contribution in [2.45, 2.75) is 74.4 Å². The minimum Gasteiger partial charge on any atom is -0.492 e. The molecule has 0 aliphatic carbocycles. The summed E-state index contributed by atoms with van der Waals surface area (Å²) in [5, 5.41) is 3.96. The summed E-state index contributed by atoms with van der Waals surface area (Å²) in [6.45, 7) is 8.17. The largest absolute Gasteiger partial charge is 0.492 e. The van der Waals surface area contributed by atoms with Gasteiger partial charge in [0.15, 0.2) is 0 Å². The number of nitrogens with zero attached hydrogens (tertiary/aromatic N) is 3. The standard InChI is InChI=1S/C28H32N4O4S/c1-17(2)37-25-5-3-4-19(29-25)15-31-10-8-28(9-11-31)16-36-23-13-20-18(12-21(23)28)14-32(27(20)35)22-6-7-24(33)30-26(22)34/h3-5,12-13,17,22H,6-11,14-16H2,1-2H3,(H,30,33,34). The third kappa shape index (κ3) is 4.52. The van der Waals surface area contributed by atoms with E-state index in [4.69, 9.17) is 9.72 Å². The second-order valence-electron chi connectivity index (χ2n) is 10.9. The van der Waals surface area contributed by atoms with E-state index in [0.717, 1.165) is 54.5 Å². The van der Waals surface area contributed by atoms with E-state index >= 15 is 0 Å². The molecular weight excluding hydrogens is 488 g/mol. The molecule has 8 nitrogen and oxygen atoms in total. The average molecular weight is 521 g/mol. The summed E-state index contributed by atoms with van der Waals surface area (Å²) in [4.78, 5) is 46.1. The van der Waals surface area contributed by atoms with Crippen LogP contribution < -0.4 is 10.1 Å². The smallest absolute Gasteiger partial charge is 0.255 e. The van der Waals surface area contributed by atoms with E-state index in [1.165, 1.54) is 5.56 Å². The lowest BCUT2D eigenvalue weighted by Crippen LogP contribution is -2.52. The van der Waals surface area contributed by atoms with Crippen LogP contribution in [0.15, 0.2) is 35.4 Å². The molecule has 0 bridgehead atoms. The molecule has 9 heteroatoms. The molecule has 1 atom stereocenters. The third-order valence-electron chi connectivity index (χ3n) is 8.04. The molecule has 6 rings (SSSR count). The molecule has 2 fully saturated rings. The van der Waals surface area contributed by atoms with Gasteiger partial charge in [0.1, 0.15) is 11.8 Å². The lowest BCUT2D eigenvalue weighted by molar-refractivity contribution is -0.136. The van der Waals surface area contributed by atoms with Gasteiger partial charge in [-0.1, -0.05) is 19.9 Å². The highest BCUT2D eigenvalue weighted by molar-refractivity contribution is 7.99. The van der Waals surface area contributed by atoms with Gasteiger partial charge in [0.05, 0.1) is 17.3 Å². The van der Waals surface area contributed by atoms with Gasteiger partial charge in [0.2, 0.25) is 11.8 Å². The van der Waals surface area contributed by atoms with Gasteiger partial charge in [-0.2, -0.15) is 0 Å². The lowest BCUT2D eigenvalue weighted by atomic mass is 9.74. The Bertz CT molecular complexity index is 1270. The Labute approximate surface area is 221 Å². The maximum atomic E-state index is 13.2. The number of amides is 3. The van der Waals surface area contributed by atoms with Crippen LogP contribution >= 0.6 is 11.8 Å². The van der Waals surface area contributed by atoms with Crippen molar-refractivity contribution in [3.8, 4) is 5.75 Å². The van der Waals surface area contributed by atoms with Crippen LogP contribution in [-0.2, 0) is 28.1 Å². The second-order valence-corrected chi connectivity index (χ2v) is 12.5. The predicted octanol–water partition coefficient (Wildman–Crippen LogP) is 3.27. The average Bonchev–Trinajstić information content (AvgIpc) is 3.36. The molecule has 4 aliphatic rings. The first-order chi connectivity index (χ1) is 17.8. The van der Waals surface area contributed by atoms with Crippen molar-refractivity contribution < 1.29 is 19.1 Å². The fourth-order valence-electron chi connectivity index (χ4n) is 6.06. The number of fused-ring (bicyclic) bond motifs is 3. The monoisotopic (exact) mass is 520 g/mol. The molecule has 5 heterocycles. The molecule has 4 aliphatic heterocycles. The number of carbonyl (C=O) groups excluding carboxylic acids is 3. The molecule has 2 saturated heterocycles. The van der Waals surface area contributed by atoms with Gasteiger partial charge in [0.25, 0.3) is 5.91 Å². The Morgan fingerprint density at radius 1 is 1.19 bits per heavy atom. The van der Waals surface area contributed by atoms with Gasteiger partial charge in [-0.3, -0.25) is 24.6 Å². The van der Waals surface area contributed by atoms with Gasteiger partial charge >= 0.3 is 0 Å². The summed E-state index contributed by atoms with van der Waals surface area (Å²) < 4.78 is 6.16. The van der Waals surface area contributed by atoms with Crippen molar-refractivity contribution in [2.24, 2.45) is 0 Å². The number of nitrogens with one attached hydrogen (secondary N) is 1. The summed E-state index contributed by atoms with van der Waals surface area (Å²) >= 11 is 1.79. The number of imide groups is 1. The van der Waals surface area contributed by atoms with Crippen LogP contribution in [0.1, 0.15) is 66.7 Å². The molecular formula is C28H32N4O4S. The summed E-state index contributed by atoms with van der Waals surface area (Å²) in [6.07, 6.45) is 2.61. The third-order valence-corrected chi connectivity index (χ3v) is 8.98. The Morgan fingerprint density at radius 2 is 2.00 bits per heavy atom. The van der Waals surface area contributed by atoms with Crippen LogP contribution in [0.25, 0.3) is 0 Å². The molecule has 37 heavy (non-hydrogen) atoms. The number of carbonyl (C=O) groups is 3. The quantitative estimate of drug-likeness (QED) is 0.478. The molecule has 2 aromatic rings. The second kappa shape index (κ2) is 9.44. The summed E-state index contributed by atoms with van der Waals surface area (Å²) in [5.74, 6) is -0.0142. The number of pyridine rings is 1. The normalized spacial score (nSPS) is 22.8. The first-order valence-electron chi connectivity index (χ1n) is 13.1. The number of piperidine rings is 2. The highest BCUT2D eigenvalue weighted by atomic mass is 32.2. The highest BCUT2D eigenvalue weighted by Crippen LogP contribution is 2.48. The van der Waals surface area contributed by atoms with Gasteiger partial charge in [-0.15, -0.1) is 11.8 Å². The number of benzene rings is 1. The van der Waals surface area contributed by atoms with Crippen molar-refractivity contribution in [2.75, 3.05) is 19.7 Å². The van der Waals surface area contributed by atoms with E-state index in [2.05, 4.69) is 48.3 Å². The number of likely N-dealkylation sites (tertiary alicyclic amines) is 1. The van der Waals surface area contributed by atoms with E-state index in [9.17, 15) is 14.4 Å². The Morgan fingerprint density at radius 3 is 2.76 bits per heavy atom. The topological polar surface area (TPSA) is 91.8 Å². The number of aromatic nitrogens is 1. The van der Waals surface area contributed by atoms with Gasteiger partial charge in [0, 0.05) is 41.3 Å². The Kier molecular flexibility index (Phi) is 6.23. The molecule has 0 radical (unpaired) electrons. The van der Waals surface area contributed by atoms with Gasteiger partial charge in [-0.25, -0.2) is 4.98 Å². The SMILES string of the molecule is CC(C)Sc1cccc(CN2CCC3(CC2)COc2cc4c(cc23)CN(C2CCC(=O)NC2=O)C4=O)n1. The molecule has 3 amide bonds. The van der Waals surface area contributed by atoms with Crippen LogP contribution in [0, 0.1) is 0 Å². The Hall–Kier alpha value is -2.91. The number of hydrogen-bond donors (Lipinski definition) is 1. The molecule has 1 aromatic carbocycles. The summed E-state index contributed by atoms with van der Waals surface area (Å²) in [6, 6.07) is 9.71. The summed E-state index contributed by atoms with van der Waals surface area (Å²) in [7, 11) is 0. The molecule has 1 aromatic heterocycles. The maximum Gasteiger partial charge on any atom is 0.255 e. The number of thioether (sulfide) groups is 1. The van der Waals surface area contributed by atoms with Crippen LogP contribution in [-0.4, -0.2) is 63.5 Å². The van der Waals surface area contributed by atoms with E-state index in [1.807, 2.05) is 6.07 Å². The van der Waals surface area contributed by atoms with Crippen molar-refractivity contribution in [3.63, 3.8) is 0 Å². The first-order valence-corrected chi connectivity index (χ1v) is 14.0. The number of rotatable bonds is 5. The highest BCUT2D eigenvalue weighted by Gasteiger charge is 2.46. The zero-order valence-corrected chi connectivity index (χ0v) is 22.1. The minimum atomic E-state index is -0.600. The first kappa shape index (κ1) is 24.4. The van der Waals surface area contributed by atoms with Crippen LogP contribution in [0.2, 0.25) is 0 Å². The van der Waals surface area contributed by atoms with Crippen LogP contribution in [0.3, 0.4) is 0 Å². The maximum absolute atomic E-state index is 13.2. The fraction of sp³-hybridized carbons (Fsp3) is 0.500. The zero-order valence-electron chi connectivity index (χ0n) is 21.3.